The van der Waals surface area contributed by atoms with E-state index < -0.39 is 0 Å². The van der Waals surface area contributed by atoms with E-state index in [2.05, 4.69) is 36.1 Å². The Kier molecular flexibility index (Phi) is 5.74. The fourth-order valence-corrected chi connectivity index (χ4v) is 4.12. The first-order chi connectivity index (χ1) is 11.2. The molecule has 23 heavy (non-hydrogen) atoms. The zero-order valence-corrected chi connectivity index (χ0v) is 14.5. The van der Waals surface area contributed by atoms with Gasteiger partial charge < -0.3 is 4.90 Å². The number of rotatable bonds is 5. The smallest absolute Gasteiger partial charge is 0.123 e. The first-order valence-electron chi connectivity index (χ1n) is 8.39. The van der Waals surface area contributed by atoms with Crippen molar-refractivity contribution in [2.75, 3.05) is 19.6 Å². The van der Waals surface area contributed by atoms with Gasteiger partial charge in [0.05, 0.1) is 0 Å². The zero-order valence-electron chi connectivity index (χ0n) is 13.7. The quantitative estimate of drug-likeness (QED) is 0.765. The summed E-state index contributed by atoms with van der Waals surface area (Å²) in [7, 11) is 0. The molecule has 122 valence electrons. The molecule has 0 saturated carbocycles. The second kappa shape index (κ2) is 7.98. The van der Waals surface area contributed by atoms with Gasteiger partial charge in [0.1, 0.15) is 5.82 Å². The summed E-state index contributed by atoms with van der Waals surface area (Å²) in [5.74, 6) is -0.150. The van der Waals surface area contributed by atoms with Gasteiger partial charge in [-0.15, -0.1) is 11.8 Å². The third-order valence-corrected chi connectivity index (χ3v) is 5.84. The van der Waals surface area contributed by atoms with Crippen molar-refractivity contribution >= 4 is 11.8 Å². The third kappa shape index (κ3) is 5.08. The van der Waals surface area contributed by atoms with E-state index in [9.17, 15) is 4.39 Å². The molecule has 0 unspecified atom stereocenters. The summed E-state index contributed by atoms with van der Waals surface area (Å²) in [5, 5.41) is 0.736. The van der Waals surface area contributed by atoms with Crippen molar-refractivity contribution in [3.05, 3.63) is 65.5 Å². The van der Waals surface area contributed by atoms with Crippen LogP contribution in [0.3, 0.4) is 0 Å². The predicted molar refractivity (Wildman–Crippen MR) is 96.6 cm³/mol. The first kappa shape index (κ1) is 16.5. The maximum Gasteiger partial charge on any atom is 0.123 e. The van der Waals surface area contributed by atoms with Gasteiger partial charge in [-0.2, -0.15) is 0 Å². The molecule has 1 nitrogen and oxygen atoms in total. The van der Waals surface area contributed by atoms with Crippen LogP contribution in [0.25, 0.3) is 0 Å². The Labute approximate surface area is 142 Å². The summed E-state index contributed by atoms with van der Waals surface area (Å²) in [6, 6.07) is 15.8. The molecule has 0 N–H and O–H groups in total. The van der Waals surface area contributed by atoms with Crippen molar-refractivity contribution in [1.29, 1.82) is 0 Å². The lowest BCUT2D eigenvalue weighted by molar-refractivity contribution is 0.235. The van der Waals surface area contributed by atoms with E-state index in [1.165, 1.54) is 42.0 Å². The van der Waals surface area contributed by atoms with Crippen molar-refractivity contribution in [3.63, 3.8) is 0 Å². The molecular formula is C20H24FNS. The van der Waals surface area contributed by atoms with Gasteiger partial charge in [0.25, 0.3) is 0 Å². The summed E-state index contributed by atoms with van der Waals surface area (Å²) in [4.78, 5) is 3.93. The molecule has 1 aliphatic rings. The molecule has 2 aromatic carbocycles. The highest BCUT2D eigenvalue weighted by molar-refractivity contribution is 8.00. The number of nitrogens with zero attached hydrogens (tertiary/aromatic N) is 1. The molecular weight excluding hydrogens is 305 g/mol. The summed E-state index contributed by atoms with van der Waals surface area (Å²) < 4.78 is 12.9. The molecule has 1 aliphatic heterocycles. The monoisotopic (exact) mass is 329 g/mol. The Morgan fingerprint density at radius 1 is 1.00 bits per heavy atom. The van der Waals surface area contributed by atoms with Crippen molar-refractivity contribution in [2.24, 2.45) is 0 Å². The molecule has 0 radical (unpaired) electrons. The Morgan fingerprint density at radius 2 is 1.65 bits per heavy atom. The van der Waals surface area contributed by atoms with Crippen molar-refractivity contribution in [2.45, 2.75) is 36.3 Å². The molecule has 0 aliphatic carbocycles. The Hall–Kier alpha value is -1.32. The molecule has 0 atom stereocenters. The van der Waals surface area contributed by atoms with Gasteiger partial charge in [0.2, 0.25) is 0 Å². The highest BCUT2D eigenvalue weighted by Crippen LogP contribution is 2.30. The molecule has 3 rings (SSSR count). The van der Waals surface area contributed by atoms with Gasteiger partial charge in [0.15, 0.2) is 0 Å². The van der Waals surface area contributed by atoms with Crippen molar-refractivity contribution in [3.8, 4) is 0 Å². The van der Waals surface area contributed by atoms with E-state index in [-0.39, 0.29) is 5.82 Å². The largest absolute Gasteiger partial charge is 0.303 e. The van der Waals surface area contributed by atoms with Gasteiger partial charge >= 0.3 is 0 Å². The molecule has 0 aromatic heterocycles. The number of halogens is 1. The minimum atomic E-state index is -0.150. The van der Waals surface area contributed by atoms with Crippen LogP contribution in [0.2, 0.25) is 0 Å². The highest BCUT2D eigenvalue weighted by atomic mass is 32.2. The third-order valence-electron chi connectivity index (χ3n) is 4.49. The van der Waals surface area contributed by atoms with E-state index in [4.69, 9.17) is 0 Å². The fourth-order valence-electron chi connectivity index (χ4n) is 3.00. The molecule has 1 heterocycles. The summed E-state index contributed by atoms with van der Waals surface area (Å²) >= 11 is 2.02. The number of aryl methyl sites for hydroxylation is 1. The van der Waals surface area contributed by atoms with Crippen LogP contribution >= 0.6 is 11.8 Å². The minimum absolute atomic E-state index is 0.150. The summed E-state index contributed by atoms with van der Waals surface area (Å²) in [5.41, 5.74) is 2.55. The SMILES string of the molecule is Cc1ccc(SC2CCN(CCc3ccc(F)cc3)CC2)cc1. The van der Waals surface area contributed by atoms with Crippen molar-refractivity contribution in [1.82, 2.24) is 4.90 Å². The molecule has 0 bridgehead atoms. The average molecular weight is 329 g/mol. The topological polar surface area (TPSA) is 3.24 Å². The van der Waals surface area contributed by atoms with E-state index in [0.717, 1.165) is 18.2 Å². The lowest BCUT2D eigenvalue weighted by Crippen LogP contribution is -2.36. The van der Waals surface area contributed by atoms with E-state index in [1.807, 2.05) is 23.9 Å². The van der Waals surface area contributed by atoms with Gasteiger partial charge in [-0.3, -0.25) is 0 Å². The molecule has 0 amide bonds. The lowest BCUT2D eigenvalue weighted by Gasteiger charge is -2.31. The van der Waals surface area contributed by atoms with Crippen LogP contribution in [0, 0.1) is 12.7 Å². The van der Waals surface area contributed by atoms with Crippen molar-refractivity contribution < 1.29 is 4.39 Å². The van der Waals surface area contributed by atoms with E-state index in [0.29, 0.717) is 0 Å². The van der Waals surface area contributed by atoms with Crippen LogP contribution < -0.4 is 0 Å². The zero-order chi connectivity index (χ0) is 16.1. The molecule has 0 spiro atoms. The second-order valence-corrected chi connectivity index (χ2v) is 7.72. The molecule has 3 heteroatoms. The standard InChI is InChI=1S/C20H24FNS/c1-16-2-8-19(9-3-16)23-20-11-14-22(15-12-20)13-10-17-4-6-18(21)7-5-17/h2-9,20H,10-15H2,1H3. The number of thioether (sulfide) groups is 1. The second-order valence-electron chi connectivity index (χ2n) is 6.35. The molecule has 2 aromatic rings. The maximum atomic E-state index is 12.9. The number of benzene rings is 2. The van der Waals surface area contributed by atoms with Crippen LogP contribution in [0.4, 0.5) is 4.39 Å². The Morgan fingerprint density at radius 3 is 2.30 bits per heavy atom. The van der Waals surface area contributed by atoms with Gasteiger partial charge in [-0.05, 0) is 69.1 Å². The van der Waals surface area contributed by atoms with E-state index in [1.54, 1.807) is 12.1 Å². The molecule has 1 fully saturated rings. The average Bonchev–Trinajstić information content (AvgIpc) is 2.58. The Balaban J connectivity index is 1.41. The lowest BCUT2D eigenvalue weighted by atomic mass is 10.1. The van der Waals surface area contributed by atoms with Crippen LogP contribution in [0.5, 0.6) is 0 Å². The van der Waals surface area contributed by atoms with E-state index >= 15 is 0 Å². The van der Waals surface area contributed by atoms with Gasteiger partial charge in [0, 0.05) is 16.7 Å². The Bertz CT molecular complexity index is 601. The molecule has 1 saturated heterocycles. The highest BCUT2D eigenvalue weighted by Gasteiger charge is 2.19. The van der Waals surface area contributed by atoms with Gasteiger partial charge in [-0.1, -0.05) is 29.8 Å². The predicted octanol–water partition coefficient (Wildman–Crippen LogP) is 4.93. The number of hydrogen-bond donors (Lipinski definition) is 0. The van der Waals surface area contributed by atoms with Crippen LogP contribution in [-0.4, -0.2) is 29.8 Å². The minimum Gasteiger partial charge on any atom is -0.303 e. The summed E-state index contributed by atoms with van der Waals surface area (Å²) in [6.07, 6.45) is 3.51. The fraction of sp³-hybridized carbons (Fsp3) is 0.400. The van der Waals surface area contributed by atoms with Crippen LogP contribution in [0.1, 0.15) is 24.0 Å². The maximum absolute atomic E-state index is 12.9. The van der Waals surface area contributed by atoms with Crippen LogP contribution in [-0.2, 0) is 6.42 Å². The van der Waals surface area contributed by atoms with Gasteiger partial charge in [-0.25, -0.2) is 4.39 Å². The number of hydrogen-bond acceptors (Lipinski definition) is 2. The summed E-state index contributed by atoms with van der Waals surface area (Å²) in [6.45, 7) is 5.55. The normalized spacial score (nSPS) is 16.6. The number of likely N-dealkylation sites (tertiary alicyclic amines) is 1. The first-order valence-corrected chi connectivity index (χ1v) is 9.27. The number of piperidine rings is 1. The van der Waals surface area contributed by atoms with Crippen LogP contribution in [0.15, 0.2) is 53.4 Å².